The molecule has 0 unspecified atom stereocenters. The molecule has 0 saturated carbocycles. The number of hydrogen-bond acceptors (Lipinski definition) is 8. The summed E-state index contributed by atoms with van der Waals surface area (Å²) in [5, 5.41) is 11.6. The second-order valence-electron chi connectivity index (χ2n) is 7.35. The highest BCUT2D eigenvalue weighted by atomic mass is 16.6. The highest BCUT2D eigenvalue weighted by Gasteiger charge is 2.33. The van der Waals surface area contributed by atoms with Crippen LogP contribution in [0.2, 0.25) is 0 Å². The van der Waals surface area contributed by atoms with Crippen LogP contribution in [0.25, 0.3) is 21.9 Å². The van der Waals surface area contributed by atoms with Crippen LogP contribution in [-0.2, 0) is 9.53 Å². The van der Waals surface area contributed by atoms with Gasteiger partial charge >= 0.3 is 11.6 Å². The van der Waals surface area contributed by atoms with E-state index in [0.29, 0.717) is 27.7 Å². The van der Waals surface area contributed by atoms with Gasteiger partial charge in [0, 0.05) is 11.6 Å². The zero-order valence-corrected chi connectivity index (χ0v) is 17.5. The van der Waals surface area contributed by atoms with Crippen molar-refractivity contribution in [2.75, 3.05) is 13.7 Å². The molecule has 160 valence electrons. The number of rotatable bonds is 7. The smallest absolute Gasteiger partial charge is 0.336 e. The Morgan fingerprint density at radius 2 is 1.90 bits per heavy atom. The Labute approximate surface area is 172 Å². The van der Waals surface area contributed by atoms with Crippen molar-refractivity contribution in [3.8, 4) is 11.5 Å². The van der Waals surface area contributed by atoms with Crippen LogP contribution < -0.4 is 15.1 Å². The number of fused-ring (bicyclic) bond motifs is 2. The van der Waals surface area contributed by atoms with Crippen molar-refractivity contribution >= 4 is 27.9 Å². The summed E-state index contributed by atoms with van der Waals surface area (Å²) in [6.45, 7) is 6.14. The highest BCUT2D eigenvalue weighted by molar-refractivity contribution is 6.06. The Morgan fingerprint density at radius 3 is 2.53 bits per heavy atom. The second kappa shape index (κ2) is 8.23. The molecule has 0 aliphatic carbocycles. The van der Waals surface area contributed by atoms with Crippen LogP contribution in [-0.4, -0.2) is 36.5 Å². The van der Waals surface area contributed by atoms with Gasteiger partial charge in [0.15, 0.2) is 17.3 Å². The molecule has 0 saturated heterocycles. The lowest BCUT2D eigenvalue weighted by atomic mass is 10.0. The van der Waals surface area contributed by atoms with Crippen molar-refractivity contribution < 1.29 is 32.9 Å². The van der Waals surface area contributed by atoms with E-state index in [4.69, 9.17) is 23.0 Å². The molecule has 0 aliphatic rings. The quantitative estimate of drug-likeness (QED) is 0.354. The molecule has 30 heavy (non-hydrogen) atoms. The maximum absolute atomic E-state index is 12.2. The van der Waals surface area contributed by atoms with Gasteiger partial charge in [0.05, 0.1) is 29.7 Å². The van der Waals surface area contributed by atoms with Crippen molar-refractivity contribution in [1.29, 1.82) is 0 Å². The zero-order chi connectivity index (χ0) is 22.1. The highest BCUT2D eigenvalue weighted by Crippen LogP contribution is 2.42. The summed E-state index contributed by atoms with van der Waals surface area (Å²) in [5.41, 5.74) is -1.13. The standard InChI is InChI=1S/C22H24O8/c1-6-12(2)21(24)29-15(22(3,4)25)11-28-20-18-14(9-10-27-18)17(26-5)13-7-8-16(23)30-19(13)20/h6-10,15,25H,11H2,1-5H3/b12-6+/t15-/m1/s1. The monoisotopic (exact) mass is 416 g/mol. The van der Waals surface area contributed by atoms with E-state index in [1.807, 2.05) is 0 Å². The molecule has 1 N–H and O–H groups in total. The molecule has 0 aliphatic heterocycles. The van der Waals surface area contributed by atoms with Gasteiger partial charge in [-0.2, -0.15) is 0 Å². The van der Waals surface area contributed by atoms with Crippen LogP contribution in [0.3, 0.4) is 0 Å². The van der Waals surface area contributed by atoms with Crippen LogP contribution in [0.1, 0.15) is 27.7 Å². The third-order valence-corrected chi connectivity index (χ3v) is 4.78. The molecule has 0 radical (unpaired) electrons. The summed E-state index contributed by atoms with van der Waals surface area (Å²) in [6.07, 6.45) is 2.07. The summed E-state index contributed by atoms with van der Waals surface area (Å²) < 4.78 is 27.7. The van der Waals surface area contributed by atoms with Crippen molar-refractivity contribution in [3.05, 3.63) is 46.5 Å². The van der Waals surface area contributed by atoms with Gasteiger partial charge in [-0.15, -0.1) is 0 Å². The topological polar surface area (TPSA) is 108 Å². The van der Waals surface area contributed by atoms with E-state index in [1.165, 1.54) is 33.3 Å². The number of benzene rings is 1. The summed E-state index contributed by atoms with van der Waals surface area (Å²) in [7, 11) is 1.50. The predicted molar refractivity (Wildman–Crippen MR) is 110 cm³/mol. The van der Waals surface area contributed by atoms with Gasteiger partial charge in [-0.1, -0.05) is 6.08 Å². The number of hydrogen-bond donors (Lipinski definition) is 1. The van der Waals surface area contributed by atoms with Crippen LogP contribution in [0.15, 0.2) is 49.7 Å². The molecule has 0 spiro atoms. The molecule has 0 fully saturated rings. The Kier molecular flexibility index (Phi) is 5.89. The van der Waals surface area contributed by atoms with Gasteiger partial charge in [-0.25, -0.2) is 9.59 Å². The van der Waals surface area contributed by atoms with Crippen LogP contribution in [0, 0.1) is 0 Å². The molecule has 3 rings (SSSR count). The molecule has 0 amide bonds. The zero-order valence-electron chi connectivity index (χ0n) is 17.5. The van der Waals surface area contributed by atoms with E-state index in [9.17, 15) is 14.7 Å². The largest absolute Gasteiger partial charge is 0.495 e. The number of carbonyl (C=O) groups is 1. The number of esters is 1. The maximum atomic E-state index is 12.2. The van der Waals surface area contributed by atoms with Gasteiger partial charge in [0.25, 0.3) is 0 Å². The fourth-order valence-corrected chi connectivity index (χ4v) is 2.91. The van der Waals surface area contributed by atoms with Gasteiger partial charge in [0.1, 0.15) is 12.4 Å². The van der Waals surface area contributed by atoms with Crippen molar-refractivity contribution in [2.24, 2.45) is 0 Å². The SMILES string of the molecule is C/C=C(\C)C(=O)O[C@H](COc1c2occc2c(OC)c2ccc(=O)oc12)C(C)(C)O. The first-order valence-electron chi connectivity index (χ1n) is 9.37. The average molecular weight is 416 g/mol. The lowest BCUT2D eigenvalue weighted by Crippen LogP contribution is -2.44. The maximum Gasteiger partial charge on any atom is 0.336 e. The van der Waals surface area contributed by atoms with E-state index < -0.39 is 23.3 Å². The molecule has 3 aromatic rings. The summed E-state index contributed by atoms with van der Waals surface area (Å²) in [6, 6.07) is 4.55. The molecule has 0 bridgehead atoms. The Bertz CT molecular complexity index is 1160. The Hall–Kier alpha value is -3.26. The Balaban J connectivity index is 2.05. The van der Waals surface area contributed by atoms with Crippen molar-refractivity contribution in [1.82, 2.24) is 0 Å². The van der Waals surface area contributed by atoms with Gasteiger partial charge < -0.3 is 28.2 Å². The van der Waals surface area contributed by atoms with E-state index in [2.05, 4.69) is 0 Å². The minimum absolute atomic E-state index is 0.132. The fourth-order valence-electron chi connectivity index (χ4n) is 2.91. The normalized spacial score (nSPS) is 13.5. The third-order valence-electron chi connectivity index (χ3n) is 4.78. The lowest BCUT2D eigenvalue weighted by Gasteiger charge is -2.29. The molecular formula is C22H24O8. The fraction of sp³-hybridized carbons (Fsp3) is 0.364. The summed E-state index contributed by atoms with van der Waals surface area (Å²) >= 11 is 0. The molecule has 8 nitrogen and oxygen atoms in total. The number of allylic oxidation sites excluding steroid dienone is 1. The first kappa shape index (κ1) is 21.4. The second-order valence-corrected chi connectivity index (χ2v) is 7.35. The molecular weight excluding hydrogens is 392 g/mol. The number of methoxy groups -OCH3 is 1. The van der Waals surface area contributed by atoms with E-state index in [1.54, 1.807) is 32.1 Å². The number of furan rings is 1. The van der Waals surface area contributed by atoms with E-state index >= 15 is 0 Å². The van der Waals surface area contributed by atoms with Crippen LogP contribution >= 0.6 is 0 Å². The molecule has 1 atom stereocenters. The van der Waals surface area contributed by atoms with Gasteiger partial charge in [-0.05, 0) is 39.8 Å². The molecule has 2 aromatic heterocycles. The number of ether oxygens (including phenoxy) is 3. The average Bonchev–Trinajstić information content (AvgIpc) is 3.17. The molecule has 2 heterocycles. The summed E-state index contributed by atoms with van der Waals surface area (Å²) in [5.74, 6) is 0.0538. The first-order chi connectivity index (χ1) is 14.2. The van der Waals surface area contributed by atoms with E-state index in [-0.39, 0.29) is 17.9 Å². The third kappa shape index (κ3) is 4.04. The lowest BCUT2D eigenvalue weighted by molar-refractivity contribution is -0.160. The van der Waals surface area contributed by atoms with Gasteiger partial charge in [-0.3, -0.25) is 0 Å². The van der Waals surface area contributed by atoms with Crippen LogP contribution in [0.4, 0.5) is 0 Å². The molecule has 1 aromatic carbocycles. The van der Waals surface area contributed by atoms with Crippen molar-refractivity contribution in [3.63, 3.8) is 0 Å². The summed E-state index contributed by atoms with van der Waals surface area (Å²) in [4.78, 5) is 24.1. The van der Waals surface area contributed by atoms with Gasteiger partial charge in [0.2, 0.25) is 5.75 Å². The number of aliphatic hydroxyl groups is 1. The molecule has 8 heteroatoms. The van der Waals surface area contributed by atoms with Crippen LogP contribution in [0.5, 0.6) is 11.5 Å². The number of carbonyl (C=O) groups excluding carboxylic acids is 1. The van der Waals surface area contributed by atoms with Crippen molar-refractivity contribution in [2.45, 2.75) is 39.4 Å². The predicted octanol–water partition coefficient (Wildman–Crippen LogP) is 3.58. The van der Waals surface area contributed by atoms with E-state index in [0.717, 1.165) is 0 Å². The first-order valence-corrected chi connectivity index (χ1v) is 9.37. The minimum Gasteiger partial charge on any atom is -0.495 e. The minimum atomic E-state index is -1.39. The Morgan fingerprint density at radius 1 is 1.20 bits per heavy atom.